The Morgan fingerprint density at radius 2 is 2.00 bits per heavy atom. The van der Waals surface area contributed by atoms with E-state index in [1.54, 1.807) is 0 Å². The number of carbonyl (C=O) groups is 1. The van der Waals surface area contributed by atoms with Crippen LogP contribution >= 0.6 is 0 Å². The van der Waals surface area contributed by atoms with Gasteiger partial charge in [-0.25, -0.2) is 0 Å². The molecule has 1 fully saturated rings. The van der Waals surface area contributed by atoms with Crippen molar-refractivity contribution in [2.45, 2.75) is 45.6 Å². The molecular formula is C9H16O2. The van der Waals surface area contributed by atoms with Gasteiger partial charge in [-0.1, -0.05) is 13.3 Å². The Hall–Kier alpha value is -0.530. The topological polar surface area (TPSA) is 26.3 Å². The van der Waals surface area contributed by atoms with Crippen LogP contribution in [-0.4, -0.2) is 12.1 Å². The van der Waals surface area contributed by atoms with Gasteiger partial charge in [0.15, 0.2) is 0 Å². The van der Waals surface area contributed by atoms with Gasteiger partial charge in [-0.2, -0.15) is 0 Å². The summed E-state index contributed by atoms with van der Waals surface area (Å²) >= 11 is 0. The minimum absolute atomic E-state index is 0.135. The molecular weight excluding hydrogens is 140 g/mol. The van der Waals surface area contributed by atoms with Crippen molar-refractivity contribution in [1.82, 2.24) is 0 Å². The summed E-state index contributed by atoms with van der Waals surface area (Å²) < 4.78 is 5.16. The first-order valence-corrected chi connectivity index (χ1v) is 4.37. The molecule has 0 radical (unpaired) electrons. The molecule has 0 aromatic carbocycles. The summed E-state index contributed by atoms with van der Waals surface area (Å²) in [6, 6.07) is 0. The Morgan fingerprint density at radius 3 is 2.55 bits per heavy atom. The van der Waals surface area contributed by atoms with E-state index in [0.29, 0.717) is 5.92 Å². The van der Waals surface area contributed by atoms with Crippen LogP contribution in [0.1, 0.15) is 39.5 Å². The second kappa shape index (κ2) is 3.74. The SMILES string of the molecule is CC(=O)OC1CCCCC1C. The highest BCUT2D eigenvalue weighted by molar-refractivity contribution is 5.66. The first-order chi connectivity index (χ1) is 5.20. The molecule has 0 heterocycles. The van der Waals surface area contributed by atoms with Gasteiger partial charge in [-0.15, -0.1) is 0 Å². The lowest BCUT2D eigenvalue weighted by Crippen LogP contribution is -2.27. The van der Waals surface area contributed by atoms with E-state index < -0.39 is 0 Å². The third-order valence-corrected chi connectivity index (χ3v) is 2.35. The fraction of sp³-hybridized carbons (Fsp3) is 0.889. The Kier molecular flexibility index (Phi) is 2.92. The van der Waals surface area contributed by atoms with Crippen LogP contribution in [0.25, 0.3) is 0 Å². The summed E-state index contributed by atoms with van der Waals surface area (Å²) in [7, 11) is 0. The Morgan fingerprint density at radius 1 is 1.36 bits per heavy atom. The maximum absolute atomic E-state index is 10.6. The summed E-state index contributed by atoms with van der Waals surface area (Å²) in [4.78, 5) is 10.6. The Labute approximate surface area is 67.9 Å². The maximum atomic E-state index is 10.6. The highest BCUT2D eigenvalue weighted by Gasteiger charge is 2.23. The van der Waals surface area contributed by atoms with Crippen molar-refractivity contribution >= 4 is 5.97 Å². The third-order valence-electron chi connectivity index (χ3n) is 2.35. The smallest absolute Gasteiger partial charge is 0.302 e. The summed E-state index contributed by atoms with van der Waals surface area (Å²) in [5.41, 5.74) is 0. The van der Waals surface area contributed by atoms with E-state index in [4.69, 9.17) is 4.74 Å². The van der Waals surface area contributed by atoms with Gasteiger partial charge in [-0.3, -0.25) is 4.79 Å². The number of esters is 1. The van der Waals surface area contributed by atoms with Gasteiger partial charge in [0.05, 0.1) is 0 Å². The second-order valence-electron chi connectivity index (χ2n) is 3.41. The molecule has 11 heavy (non-hydrogen) atoms. The zero-order chi connectivity index (χ0) is 8.27. The summed E-state index contributed by atoms with van der Waals surface area (Å²) in [6.07, 6.45) is 4.96. The van der Waals surface area contributed by atoms with Crippen molar-refractivity contribution < 1.29 is 9.53 Å². The average molecular weight is 156 g/mol. The molecule has 2 unspecified atom stereocenters. The van der Waals surface area contributed by atoms with Gasteiger partial charge in [0, 0.05) is 6.92 Å². The second-order valence-corrected chi connectivity index (χ2v) is 3.41. The van der Waals surface area contributed by atoms with Crippen LogP contribution in [0.2, 0.25) is 0 Å². The van der Waals surface area contributed by atoms with Crippen LogP contribution in [0.15, 0.2) is 0 Å². The summed E-state index contributed by atoms with van der Waals surface area (Å²) in [5, 5.41) is 0. The van der Waals surface area contributed by atoms with E-state index in [-0.39, 0.29) is 12.1 Å². The predicted molar refractivity (Wildman–Crippen MR) is 43.2 cm³/mol. The lowest BCUT2D eigenvalue weighted by molar-refractivity contribution is -0.150. The van der Waals surface area contributed by atoms with Gasteiger partial charge in [0.1, 0.15) is 6.10 Å². The Bertz CT molecular complexity index is 142. The van der Waals surface area contributed by atoms with Crippen molar-refractivity contribution in [3.8, 4) is 0 Å². The molecule has 0 saturated heterocycles. The molecule has 2 heteroatoms. The molecule has 1 rings (SSSR count). The van der Waals surface area contributed by atoms with Crippen molar-refractivity contribution in [1.29, 1.82) is 0 Å². The summed E-state index contributed by atoms with van der Waals surface area (Å²) in [5.74, 6) is 0.427. The average Bonchev–Trinajstić information content (AvgIpc) is 1.93. The van der Waals surface area contributed by atoms with Crippen LogP contribution in [0, 0.1) is 5.92 Å². The van der Waals surface area contributed by atoms with E-state index >= 15 is 0 Å². The minimum atomic E-state index is -0.135. The molecule has 0 aromatic heterocycles. The highest BCUT2D eigenvalue weighted by atomic mass is 16.5. The standard InChI is InChI=1S/C9H16O2/c1-7-5-3-4-6-9(7)11-8(2)10/h7,9H,3-6H2,1-2H3. The first kappa shape index (κ1) is 8.57. The fourth-order valence-corrected chi connectivity index (χ4v) is 1.67. The van der Waals surface area contributed by atoms with Crippen molar-refractivity contribution in [2.24, 2.45) is 5.92 Å². The monoisotopic (exact) mass is 156 g/mol. The molecule has 0 spiro atoms. The predicted octanol–water partition coefficient (Wildman–Crippen LogP) is 2.13. The van der Waals surface area contributed by atoms with E-state index in [0.717, 1.165) is 6.42 Å². The van der Waals surface area contributed by atoms with Crippen LogP contribution < -0.4 is 0 Å². The molecule has 0 bridgehead atoms. The van der Waals surface area contributed by atoms with Crippen molar-refractivity contribution in [3.05, 3.63) is 0 Å². The largest absolute Gasteiger partial charge is 0.462 e. The molecule has 1 aliphatic carbocycles. The number of hydrogen-bond donors (Lipinski definition) is 0. The zero-order valence-electron chi connectivity index (χ0n) is 7.30. The molecule has 1 saturated carbocycles. The van der Waals surface area contributed by atoms with E-state index in [1.807, 2.05) is 0 Å². The van der Waals surface area contributed by atoms with Gasteiger partial charge in [0.2, 0.25) is 0 Å². The third kappa shape index (κ3) is 2.52. The van der Waals surface area contributed by atoms with E-state index in [1.165, 1.54) is 26.2 Å². The number of carbonyl (C=O) groups excluding carboxylic acids is 1. The first-order valence-electron chi connectivity index (χ1n) is 4.37. The maximum Gasteiger partial charge on any atom is 0.302 e. The normalized spacial score (nSPS) is 31.5. The molecule has 0 N–H and O–H groups in total. The minimum Gasteiger partial charge on any atom is -0.462 e. The van der Waals surface area contributed by atoms with E-state index in [2.05, 4.69) is 6.92 Å². The lowest BCUT2D eigenvalue weighted by atomic mass is 9.88. The Balaban J connectivity index is 2.35. The molecule has 0 aromatic rings. The number of ether oxygens (including phenoxy) is 1. The highest BCUT2D eigenvalue weighted by Crippen LogP contribution is 2.26. The van der Waals surface area contributed by atoms with Crippen molar-refractivity contribution in [3.63, 3.8) is 0 Å². The van der Waals surface area contributed by atoms with Gasteiger partial charge < -0.3 is 4.74 Å². The number of hydrogen-bond acceptors (Lipinski definition) is 2. The fourth-order valence-electron chi connectivity index (χ4n) is 1.67. The molecule has 64 valence electrons. The van der Waals surface area contributed by atoms with Crippen LogP contribution in [0.3, 0.4) is 0 Å². The van der Waals surface area contributed by atoms with Gasteiger partial charge >= 0.3 is 5.97 Å². The summed E-state index contributed by atoms with van der Waals surface area (Å²) in [6.45, 7) is 3.65. The number of rotatable bonds is 1. The van der Waals surface area contributed by atoms with Crippen LogP contribution in [-0.2, 0) is 9.53 Å². The molecule has 1 aliphatic rings. The molecule has 0 aliphatic heterocycles. The molecule has 2 nitrogen and oxygen atoms in total. The van der Waals surface area contributed by atoms with Crippen molar-refractivity contribution in [2.75, 3.05) is 0 Å². The van der Waals surface area contributed by atoms with Crippen LogP contribution in [0.4, 0.5) is 0 Å². The zero-order valence-corrected chi connectivity index (χ0v) is 7.30. The molecule has 0 amide bonds. The quantitative estimate of drug-likeness (QED) is 0.543. The molecule has 2 atom stereocenters. The van der Waals surface area contributed by atoms with Gasteiger partial charge in [0.25, 0.3) is 0 Å². The van der Waals surface area contributed by atoms with E-state index in [9.17, 15) is 4.79 Å². The lowest BCUT2D eigenvalue weighted by Gasteiger charge is -2.27. The van der Waals surface area contributed by atoms with Gasteiger partial charge in [-0.05, 0) is 25.2 Å². The van der Waals surface area contributed by atoms with Crippen LogP contribution in [0.5, 0.6) is 0 Å².